The Kier molecular flexibility index (Phi) is 4.85. The zero-order valence-corrected chi connectivity index (χ0v) is 14.4. The molecule has 0 aliphatic carbocycles. The first-order chi connectivity index (χ1) is 12.8. The van der Waals surface area contributed by atoms with Crippen LogP contribution in [0.1, 0.15) is 21.7 Å². The van der Waals surface area contributed by atoms with Crippen molar-refractivity contribution in [3.8, 4) is 11.4 Å². The van der Waals surface area contributed by atoms with E-state index in [1.807, 2.05) is 0 Å². The van der Waals surface area contributed by atoms with E-state index in [4.69, 9.17) is 4.74 Å². The van der Waals surface area contributed by atoms with Gasteiger partial charge in [0.25, 0.3) is 5.91 Å². The van der Waals surface area contributed by atoms with Crippen LogP contribution >= 0.6 is 0 Å². The molecule has 9 heteroatoms. The number of rotatable bonds is 4. The van der Waals surface area contributed by atoms with E-state index in [0.29, 0.717) is 17.1 Å². The molecule has 3 rings (SSSR count). The quantitative estimate of drug-likeness (QED) is 0.751. The summed E-state index contributed by atoms with van der Waals surface area (Å²) in [5.41, 5.74) is 0.217. The third kappa shape index (κ3) is 3.91. The summed E-state index contributed by atoms with van der Waals surface area (Å²) in [7, 11) is 1.53. The summed E-state index contributed by atoms with van der Waals surface area (Å²) >= 11 is 0. The molecule has 0 atom stereocenters. The SMILES string of the molecule is COc1ccc(NC(=O)c2nnn(-c3cccc(C(F)(F)F)c3)c2C)cc1. The van der Waals surface area contributed by atoms with Gasteiger partial charge >= 0.3 is 6.18 Å². The lowest BCUT2D eigenvalue weighted by Gasteiger charge is -2.09. The molecule has 140 valence electrons. The van der Waals surface area contributed by atoms with Crippen LogP contribution in [0.2, 0.25) is 0 Å². The highest BCUT2D eigenvalue weighted by Crippen LogP contribution is 2.30. The molecule has 0 bridgehead atoms. The van der Waals surface area contributed by atoms with E-state index in [1.54, 1.807) is 31.2 Å². The topological polar surface area (TPSA) is 69.0 Å². The Morgan fingerprint density at radius 3 is 2.48 bits per heavy atom. The van der Waals surface area contributed by atoms with Crippen LogP contribution < -0.4 is 10.1 Å². The van der Waals surface area contributed by atoms with E-state index < -0.39 is 17.6 Å². The van der Waals surface area contributed by atoms with Gasteiger partial charge in [0.1, 0.15) is 5.75 Å². The number of hydrogen-bond acceptors (Lipinski definition) is 4. The summed E-state index contributed by atoms with van der Waals surface area (Å²) in [5.74, 6) is 0.121. The van der Waals surface area contributed by atoms with Gasteiger partial charge in [0.05, 0.1) is 24.1 Å². The van der Waals surface area contributed by atoms with Crippen LogP contribution in [0.3, 0.4) is 0 Å². The van der Waals surface area contributed by atoms with E-state index in [-0.39, 0.29) is 11.4 Å². The zero-order chi connectivity index (χ0) is 19.6. The fourth-order valence-corrected chi connectivity index (χ4v) is 2.46. The molecule has 0 spiro atoms. The number of halogens is 3. The Morgan fingerprint density at radius 2 is 1.85 bits per heavy atom. The molecule has 0 saturated carbocycles. The van der Waals surface area contributed by atoms with Crippen LogP contribution in [0.15, 0.2) is 48.5 Å². The van der Waals surface area contributed by atoms with Gasteiger partial charge in [0.2, 0.25) is 0 Å². The van der Waals surface area contributed by atoms with Crippen molar-refractivity contribution < 1.29 is 22.7 Å². The number of nitrogens with one attached hydrogen (secondary N) is 1. The van der Waals surface area contributed by atoms with Gasteiger partial charge in [-0.3, -0.25) is 4.79 Å². The third-order valence-corrected chi connectivity index (χ3v) is 3.88. The van der Waals surface area contributed by atoms with Crippen LogP contribution in [0.5, 0.6) is 5.75 Å². The van der Waals surface area contributed by atoms with Crippen molar-refractivity contribution in [1.82, 2.24) is 15.0 Å². The van der Waals surface area contributed by atoms with E-state index in [0.717, 1.165) is 12.1 Å². The van der Waals surface area contributed by atoms with Gasteiger partial charge in [0, 0.05) is 5.69 Å². The fraction of sp³-hybridized carbons (Fsp3) is 0.167. The highest BCUT2D eigenvalue weighted by Gasteiger charge is 2.31. The Balaban J connectivity index is 1.85. The molecule has 1 heterocycles. The Bertz CT molecular complexity index is 965. The summed E-state index contributed by atoms with van der Waals surface area (Å²) in [6.45, 7) is 1.56. The Hall–Kier alpha value is -3.36. The molecule has 0 saturated heterocycles. The number of aromatic nitrogens is 3. The largest absolute Gasteiger partial charge is 0.497 e. The smallest absolute Gasteiger partial charge is 0.416 e. The molecular weight excluding hydrogens is 361 g/mol. The Labute approximate surface area is 152 Å². The predicted molar refractivity (Wildman–Crippen MR) is 92.0 cm³/mol. The molecule has 2 aromatic carbocycles. The number of methoxy groups -OCH3 is 1. The standard InChI is InChI=1S/C18H15F3N4O2/c1-11-16(17(26)22-13-6-8-15(27-2)9-7-13)23-24-25(11)14-5-3-4-12(10-14)18(19,20)21/h3-10H,1-2H3,(H,22,26). The molecule has 0 aliphatic rings. The minimum Gasteiger partial charge on any atom is -0.497 e. The average Bonchev–Trinajstić information content (AvgIpc) is 3.03. The van der Waals surface area contributed by atoms with Gasteiger partial charge in [-0.2, -0.15) is 13.2 Å². The molecule has 0 radical (unpaired) electrons. The number of ether oxygens (including phenoxy) is 1. The number of alkyl halides is 3. The van der Waals surface area contributed by atoms with Crippen molar-refractivity contribution in [3.63, 3.8) is 0 Å². The Morgan fingerprint density at radius 1 is 1.15 bits per heavy atom. The second kappa shape index (κ2) is 7.10. The lowest BCUT2D eigenvalue weighted by molar-refractivity contribution is -0.137. The second-order valence-electron chi connectivity index (χ2n) is 5.67. The molecule has 6 nitrogen and oxygen atoms in total. The van der Waals surface area contributed by atoms with Gasteiger partial charge in [-0.1, -0.05) is 11.3 Å². The highest BCUT2D eigenvalue weighted by atomic mass is 19.4. The van der Waals surface area contributed by atoms with Crippen molar-refractivity contribution in [2.24, 2.45) is 0 Å². The summed E-state index contributed by atoms with van der Waals surface area (Å²) in [6.07, 6.45) is -4.47. The zero-order valence-electron chi connectivity index (χ0n) is 14.4. The number of nitrogens with zero attached hydrogens (tertiary/aromatic N) is 3. The molecule has 27 heavy (non-hydrogen) atoms. The van der Waals surface area contributed by atoms with Crippen molar-refractivity contribution in [2.75, 3.05) is 12.4 Å². The first-order valence-corrected chi connectivity index (χ1v) is 7.85. The number of benzene rings is 2. The summed E-state index contributed by atoms with van der Waals surface area (Å²) in [4.78, 5) is 12.4. The van der Waals surface area contributed by atoms with Crippen LogP contribution in [0.25, 0.3) is 5.69 Å². The first kappa shape index (κ1) is 18.4. The van der Waals surface area contributed by atoms with Gasteiger partial charge < -0.3 is 10.1 Å². The number of carbonyl (C=O) groups excluding carboxylic acids is 1. The normalized spacial score (nSPS) is 11.3. The van der Waals surface area contributed by atoms with E-state index in [1.165, 1.54) is 23.9 Å². The molecule has 0 fully saturated rings. The maximum Gasteiger partial charge on any atom is 0.416 e. The van der Waals surface area contributed by atoms with Crippen LogP contribution in [0.4, 0.5) is 18.9 Å². The molecule has 0 unspecified atom stereocenters. The second-order valence-corrected chi connectivity index (χ2v) is 5.67. The molecule has 1 amide bonds. The fourth-order valence-electron chi connectivity index (χ4n) is 2.46. The van der Waals surface area contributed by atoms with Gasteiger partial charge in [0.15, 0.2) is 5.69 Å². The van der Waals surface area contributed by atoms with Crippen molar-refractivity contribution in [2.45, 2.75) is 13.1 Å². The number of carbonyl (C=O) groups is 1. The predicted octanol–water partition coefficient (Wildman–Crippen LogP) is 3.86. The van der Waals surface area contributed by atoms with E-state index >= 15 is 0 Å². The van der Waals surface area contributed by atoms with Crippen LogP contribution in [0, 0.1) is 6.92 Å². The van der Waals surface area contributed by atoms with E-state index in [2.05, 4.69) is 15.6 Å². The summed E-state index contributed by atoms with van der Waals surface area (Å²) in [6, 6.07) is 11.3. The van der Waals surface area contributed by atoms with Gasteiger partial charge in [-0.15, -0.1) is 5.10 Å². The number of amides is 1. The lowest BCUT2D eigenvalue weighted by atomic mass is 10.2. The van der Waals surface area contributed by atoms with Crippen LogP contribution in [-0.4, -0.2) is 28.0 Å². The highest BCUT2D eigenvalue weighted by molar-refractivity contribution is 6.03. The summed E-state index contributed by atoms with van der Waals surface area (Å²) in [5, 5.41) is 10.3. The molecular formula is C18H15F3N4O2. The van der Waals surface area contributed by atoms with Crippen LogP contribution in [-0.2, 0) is 6.18 Å². The minimum atomic E-state index is -4.47. The monoisotopic (exact) mass is 376 g/mol. The third-order valence-electron chi connectivity index (χ3n) is 3.88. The minimum absolute atomic E-state index is 0.0169. The lowest BCUT2D eigenvalue weighted by Crippen LogP contribution is -2.14. The van der Waals surface area contributed by atoms with E-state index in [9.17, 15) is 18.0 Å². The molecule has 3 aromatic rings. The van der Waals surface area contributed by atoms with Gasteiger partial charge in [-0.25, -0.2) is 4.68 Å². The molecule has 0 aliphatic heterocycles. The van der Waals surface area contributed by atoms with Gasteiger partial charge in [-0.05, 0) is 49.4 Å². The van der Waals surface area contributed by atoms with Crippen molar-refractivity contribution in [3.05, 3.63) is 65.5 Å². The maximum atomic E-state index is 12.9. The molecule has 1 aromatic heterocycles. The number of hydrogen-bond donors (Lipinski definition) is 1. The molecule has 1 N–H and O–H groups in total. The van der Waals surface area contributed by atoms with Crippen molar-refractivity contribution in [1.29, 1.82) is 0 Å². The van der Waals surface area contributed by atoms with Crippen molar-refractivity contribution >= 4 is 11.6 Å². The average molecular weight is 376 g/mol. The first-order valence-electron chi connectivity index (χ1n) is 7.85. The number of anilines is 1. The summed E-state index contributed by atoms with van der Waals surface area (Å²) < 4.78 is 44.9. The maximum absolute atomic E-state index is 12.9.